The van der Waals surface area contributed by atoms with E-state index in [0.29, 0.717) is 17.4 Å². The number of hydrogen-bond donors (Lipinski definition) is 2. The van der Waals surface area contributed by atoms with Gasteiger partial charge in [-0.15, -0.1) is 0 Å². The van der Waals surface area contributed by atoms with Gasteiger partial charge in [-0.1, -0.05) is 35.4 Å². The average Bonchev–Trinajstić information content (AvgIpc) is 2.55. The molecule has 1 amide bonds. The molecule has 4 nitrogen and oxygen atoms in total. The van der Waals surface area contributed by atoms with Gasteiger partial charge in [0.1, 0.15) is 10.3 Å². The molecule has 1 aromatic heterocycles. The van der Waals surface area contributed by atoms with Crippen LogP contribution in [0.5, 0.6) is 0 Å². The molecule has 0 radical (unpaired) electrons. The Kier molecular flexibility index (Phi) is 5.36. The van der Waals surface area contributed by atoms with E-state index >= 15 is 0 Å². The minimum Gasteiger partial charge on any atom is -0.322 e. The molecule has 0 bridgehead atoms. The van der Waals surface area contributed by atoms with Crippen LogP contribution in [-0.2, 0) is 0 Å². The molecule has 1 aromatic rings. The number of amides is 1. The van der Waals surface area contributed by atoms with E-state index in [0.717, 1.165) is 25.2 Å². The number of carbonyl (C=O) groups excluding carboxylic acids is 1. The number of rotatable bonds is 3. The van der Waals surface area contributed by atoms with Crippen LogP contribution >= 0.6 is 23.2 Å². The molecule has 0 spiro atoms. The van der Waals surface area contributed by atoms with Crippen molar-refractivity contribution in [3.05, 3.63) is 51.9 Å². The molecule has 2 atom stereocenters. The van der Waals surface area contributed by atoms with Gasteiger partial charge >= 0.3 is 0 Å². The van der Waals surface area contributed by atoms with E-state index in [9.17, 15) is 4.79 Å². The molecule has 1 aliphatic carbocycles. The van der Waals surface area contributed by atoms with Crippen molar-refractivity contribution in [2.45, 2.75) is 19.3 Å². The lowest BCUT2D eigenvalue weighted by Crippen LogP contribution is -2.34. The first-order valence-corrected chi connectivity index (χ1v) is 8.61. The fourth-order valence-electron chi connectivity index (χ4n) is 3.12. The fraction of sp³-hybridized carbons (Fsp3) is 0.412. The van der Waals surface area contributed by atoms with Crippen LogP contribution in [0.15, 0.2) is 36.1 Å². The monoisotopic (exact) mass is 351 g/mol. The first-order chi connectivity index (χ1) is 11.1. The van der Waals surface area contributed by atoms with Gasteiger partial charge in [0, 0.05) is 11.3 Å². The maximum atomic E-state index is 12.3. The molecule has 3 rings (SSSR count). The summed E-state index contributed by atoms with van der Waals surface area (Å²) in [5.41, 5.74) is 1.22. The normalized spacial score (nSPS) is 24.2. The van der Waals surface area contributed by atoms with E-state index in [1.807, 2.05) is 6.08 Å². The predicted molar refractivity (Wildman–Crippen MR) is 92.6 cm³/mol. The van der Waals surface area contributed by atoms with Crippen molar-refractivity contribution in [1.82, 2.24) is 15.6 Å². The smallest absolute Gasteiger partial charge is 0.255 e. The Bertz CT molecular complexity index is 631. The quantitative estimate of drug-likeness (QED) is 0.818. The number of piperidine rings is 1. The highest BCUT2D eigenvalue weighted by Crippen LogP contribution is 2.28. The standard InChI is InChI=1S/C17H19Cl2N3O/c18-15-8-13(9-16(19)22-15)17(23)21-14-5-3-11(4-6-14)12-2-1-7-20-10-12/h3,5-6,8-9,11-12,20H,1-2,4,7,10H2,(H,21,23)/t11?,12-/m1/s1. The molecule has 6 heteroatoms. The minimum atomic E-state index is -0.232. The summed E-state index contributed by atoms with van der Waals surface area (Å²) in [6, 6.07) is 3.01. The number of pyridine rings is 1. The van der Waals surface area contributed by atoms with E-state index in [-0.39, 0.29) is 16.2 Å². The Balaban J connectivity index is 1.60. The van der Waals surface area contributed by atoms with Crippen LogP contribution in [0.3, 0.4) is 0 Å². The van der Waals surface area contributed by atoms with Crippen LogP contribution in [-0.4, -0.2) is 24.0 Å². The molecule has 1 unspecified atom stereocenters. The molecule has 1 saturated heterocycles. The number of halogens is 2. The second kappa shape index (κ2) is 7.47. The third-order valence-electron chi connectivity index (χ3n) is 4.36. The Morgan fingerprint density at radius 2 is 2.09 bits per heavy atom. The Hall–Kier alpha value is -1.36. The highest BCUT2D eigenvalue weighted by molar-refractivity contribution is 6.33. The lowest BCUT2D eigenvalue weighted by Gasteiger charge is -2.30. The summed E-state index contributed by atoms with van der Waals surface area (Å²) in [6.07, 6.45) is 9.75. The SMILES string of the molecule is O=C(NC1=CCC([C@@H]2CCCNC2)C=C1)c1cc(Cl)nc(Cl)c1. The molecule has 1 aliphatic heterocycles. The van der Waals surface area contributed by atoms with E-state index in [1.165, 1.54) is 25.0 Å². The molecule has 23 heavy (non-hydrogen) atoms. The van der Waals surface area contributed by atoms with E-state index in [4.69, 9.17) is 23.2 Å². The summed E-state index contributed by atoms with van der Waals surface area (Å²) in [6.45, 7) is 2.21. The van der Waals surface area contributed by atoms with Gasteiger partial charge in [-0.25, -0.2) is 4.98 Å². The van der Waals surface area contributed by atoms with Gasteiger partial charge in [0.15, 0.2) is 0 Å². The second-order valence-corrected chi connectivity index (χ2v) is 6.75. The summed E-state index contributed by atoms with van der Waals surface area (Å²) in [5.74, 6) is 1.00. The van der Waals surface area contributed by atoms with Crippen molar-refractivity contribution in [2.24, 2.45) is 11.8 Å². The first-order valence-electron chi connectivity index (χ1n) is 7.85. The third-order valence-corrected chi connectivity index (χ3v) is 4.74. The van der Waals surface area contributed by atoms with Gasteiger partial charge in [0.25, 0.3) is 5.91 Å². The molecule has 0 saturated carbocycles. The summed E-state index contributed by atoms with van der Waals surface area (Å²) < 4.78 is 0. The average molecular weight is 352 g/mol. The first kappa shape index (κ1) is 16.5. The largest absolute Gasteiger partial charge is 0.322 e. The zero-order valence-corrected chi connectivity index (χ0v) is 14.2. The molecule has 0 aromatic carbocycles. The molecule has 2 N–H and O–H groups in total. The van der Waals surface area contributed by atoms with Crippen LogP contribution in [0.2, 0.25) is 10.3 Å². The van der Waals surface area contributed by atoms with Gasteiger partial charge < -0.3 is 10.6 Å². The molecular weight excluding hydrogens is 333 g/mol. The Morgan fingerprint density at radius 3 is 2.70 bits per heavy atom. The Morgan fingerprint density at radius 1 is 1.30 bits per heavy atom. The van der Waals surface area contributed by atoms with E-state index < -0.39 is 0 Å². The van der Waals surface area contributed by atoms with E-state index in [1.54, 1.807) is 0 Å². The number of nitrogens with one attached hydrogen (secondary N) is 2. The van der Waals surface area contributed by atoms with Crippen molar-refractivity contribution < 1.29 is 4.79 Å². The lowest BCUT2D eigenvalue weighted by molar-refractivity contribution is 0.0966. The summed E-state index contributed by atoms with van der Waals surface area (Å²) in [4.78, 5) is 16.1. The molecule has 122 valence electrons. The Labute approximate surface area is 146 Å². The predicted octanol–water partition coefficient (Wildman–Crippen LogP) is 3.58. The second-order valence-electron chi connectivity index (χ2n) is 5.98. The molecule has 1 fully saturated rings. The zero-order chi connectivity index (χ0) is 16.2. The summed E-state index contributed by atoms with van der Waals surface area (Å²) in [5, 5.41) is 6.76. The number of carbonyl (C=O) groups is 1. The summed E-state index contributed by atoms with van der Waals surface area (Å²) >= 11 is 11.7. The van der Waals surface area contributed by atoms with Crippen molar-refractivity contribution in [3.63, 3.8) is 0 Å². The number of hydrogen-bond acceptors (Lipinski definition) is 3. The van der Waals surface area contributed by atoms with E-state index in [2.05, 4.69) is 27.8 Å². The molecule has 2 aliphatic rings. The van der Waals surface area contributed by atoms with Crippen molar-refractivity contribution in [3.8, 4) is 0 Å². The van der Waals surface area contributed by atoms with Crippen molar-refractivity contribution >= 4 is 29.1 Å². The molecule has 2 heterocycles. The highest BCUT2D eigenvalue weighted by atomic mass is 35.5. The van der Waals surface area contributed by atoms with Gasteiger partial charge in [0.2, 0.25) is 0 Å². The van der Waals surface area contributed by atoms with Crippen LogP contribution in [0, 0.1) is 11.8 Å². The molecular formula is C17H19Cl2N3O. The van der Waals surface area contributed by atoms with Gasteiger partial charge in [-0.3, -0.25) is 4.79 Å². The van der Waals surface area contributed by atoms with Gasteiger partial charge in [-0.2, -0.15) is 0 Å². The number of allylic oxidation sites excluding steroid dienone is 3. The van der Waals surface area contributed by atoms with Crippen LogP contribution in [0.4, 0.5) is 0 Å². The van der Waals surface area contributed by atoms with Crippen LogP contribution in [0.25, 0.3) is 0 Å². The topological polar surface area (TPSA) is 54.0 Å². The maximum absolute atomic E-state index is 12.3. The lowest BCUT2D eigenvalue weighted by atomic mass is 9.82. The highest BCUT2D eigenvalue weighted by Gasteiger charge is 2.22. The summed E-state index contributed by atoms with van der Waals surface area (Å²) in [7, 11) is 0. The fourth-order valence-corrected chi connectivity index (χ4v) is 3.58. The number of nitrogens with zero attached hydrogens (tertiary/aromatic N) is 1. The van der Waals surface area contributed by atoms with Gasteiger partial charge in [-0.05, 0) is 62.4 Å². The zero-order valence-electron chi connectivity index (χ0n) is 12.7. The minimum absolute atomic E-state index is 0.209. The van der Waals surface area contributed by atoms with Gasteiger partial charge in [0.05, 0.1) is 0 Å². The van der Waals surface area contributed by atoms with Crippen molar-refractivity contribution in [1.29, 1.82) is 0 Å². The third kappa shape index (κ3) is 4.34. The van der Waals surface area contributed by atoms with Crippen LogP contribution < -0.4 is 10.6 Å². The van der Waals surface area contributed by atoms with Crippen molar-refractivity contribution in [2.75, 3.05) is 13.1 Å². The maximum Gasteiger partial charge on any atom is 0.255 e. The van der Waals surface area contributed by atoms with Crippen LogP contribution in [0.1, 0.15) is 29.6 Å². The number of aromatic nitrogens is 1.